The fraction of sp³-hybridized carbons (Fsp3) is 0.435. The first kappa shape index (κ1) is 18.7. The lowest BCUT2D eigenvalue weighted by molar-refractivity contribution is 0.0700. The molecular weight excluding hydrogens is 320 g/mol. The SMILES string of the molecule is Cc1ccccc1C(=O)N(CCc1ccccc1)CC1CCN(C)CC1. The maximum absolute atomic E-state index is 13.2. The molecule has 1 saturated heterocycles. The van der Waals surface area contributed by atoms with Crippen molar-refractivity contribution in [2.24, 2.45) is 5.92 Å². The van der Waals surface area contributed by atoms with Crippen LogP contribution in [-0.4, -0.2) is 48.9 Å². The number of rotatable bonds is 6. The summed E-state index contributed by atoms with van der Waals surface area (Å²) in [6.07, 6.45) is 3.27. The third-order valence-corrected chi connectivity index (χ3v) is 5.49. The average Bonchev–Trinajstić information content (AvgIpc) is 2.67. The van der Waals surface area contributed by atoms with Crippen LogP contribution in [-0.2, 0) is 6.42 Å². The summed E-state index contributed by atoms with van der Waals surface area (Å²) in [6, 6.07) is 18.4. The number of hydrogen-bond donors (Lipinski definition) is 0. The molecule has 0 aromatic heterocycles. The van der Waals surface area contributed by atoms with Gasteiger partial charge in [0.2, 0.25) is 0 Å². The zero-order valence-corrected chi connectivity index (χ0v) is 16.0. The molecule has 0 radical (unpaired) electrons. The molecule has 3 heteroatoms. The Balaban J connectivity index is 1.72. The van der Waals surface area contributed by atoms with Crippen molar-refractivity contribution in [3.63, 3.8) is 0 Å². The van der Waals surface area contributed by atoms with Crippen molar-refractivity contribution >= 4 is 5.91 Å². The van der Waals surface area contributed by atoms with Gasteiger partial charge in [-0.15, -0.1) is 0 Å². The molecule has 1 heterocycles. The van der Waals surface area contributed by atoms with E-state index in [0.717, 1.165) is 43.7 Å². The molecule has 0 N–H and O–H groups in total. The van der Waals surface area contributed by atoms with E-state index in [2.05, 4.69) is 41.1 Å². The van der Waals surface area contributed by atoms with Gasteiger partial charge >= 0.3 is 0 Å². The van der Waals surface area contributed by atoms with E-state index in [1.807, 2.05) is 37.3 Å². The number of carbonyl (C=O) groups excluding carboxylic acids is 1. The Morgan fingerprint density at radius 2 is 1.69 bits per heavy atom. The lowest BCUT2D eigenvalue weighted by atomic mass is 9.95. The molecule has 0 bridgehead atoms. The first-order chi connectivity index (χ1) is 12.6. The van der Waals surface area contributed by atoms with Crippen molar-refractivity contribution in [3.05, 3.63) is 71.3 Å². The maximum Gasteiger partial charge on any atom is 0.254 e. The molecule has 1 amide bonds. The second-order valence-electron chi connectivity index (χ2n) is 7.55. The number of nitrogens with zero attached hydrogens (tertiary/aromatic N) is 2. The molecule has 138 valence electrons. The second-order valence-corrected chi connectivity index (χ2v) is 7.55. The molecule has 0 spiro atoms. The summed E-state index contributed by atoms with van der Waals surface area (Å²) in [5.41, 5.74) is 3.19. The van der Waals surface area contributed by atoms with Crippen molar-refractivity contribution in [2.45, 2.75) is 26.2 Å². The van der Waals surface area contributed by atoms with E-state index < -0.39 is 0 Å². The average molecular weight is 351 g/mol. The molecule has 0 atom stereocenters. The van der Waals surface area contributed by atoms with Gasteiger partial charge in [0.15, 0.2) is 0 Å². The summed E-state index contributed by atoms with van der Waals surface area (Å²) in [5, 5.41) is 0. The van der Waals surface area contributed by atoms with Crippen LogP contribution >= 0.6 is 0 Å². The zero-order valence-electron chi connectivity index (χ0n) is 16.0. The summed E-state index contributed by atoms with van der Waals surface area (Å²) in [6.45, 7) is 5.95. The third-order valence-electron chi connectivity index (χ3n) is 5.49. The van der Waals surface area contributed by atoms with Crippen molar-refractivity contribution in [2.75, 3.05) is 33.2 Å². The topological polar surface area (TPSA) is 23.6 Å². The van der Waals surface area contributed by atoms with Crippen LogP contribution in [0.3, 0.4) is 0 Å². The normalized spacial score (nSPS) is 15.8. The molecular formula is C23H30N2O. The third kappa shape index (κ3) is 4.95. The van der Waals surface area contributed by atoms with Gasteiger partial charge in [-0.25, -0.2) is 0 Å². The quantitative estimate of drug-likeness (QED) is 0.785. The predicted octanol–water partition coefficient (Wildman–Crippen LogP) is 4.02. The van der Waals surface area contributed by atoms with Gasteiger partial charge < -0.3 is 9.80 Å². The van der Waals surface area contributed by atoms with Crippen LogP contribution in [0.15, 0.2) is 54.6 Å². The molecule has 3 nitrogen and oxygen atoms in total. The van der Waals surface area contributed by atoms with Crippen LogP contribution in [0.25, 0.3) is 0 Å². The number of aryl methyl sites for hydroxylation is 1. The molecule has 1 aliphatic heterocycles. The number of piperidine rings is 1. The Labute approximate surface area is 157 Å². The van der Waals surface area contributed by atoms with E-state index in [1.54, 1.807) is 0 Å². The fourth-order valence-electron chi connectivity index (χ4n) is 3.72. The first-order valence-electron chi connectivity index (χ1n) is 9.71. The molecule has 3 rings (SSSR count). The second kappa shape index (κ2) is 9.00. The number of amides is 1. The molecule has 1 fully saturated rings. The van der Waals surface area contributed by atoms with Crippen molar-refractivity contribution in [1.82, 2.24) is 9.80 Å². The van der Waals surface area contributed by atoms with Gasteiger partial charge in [-0.05, 0) is 69.4 Å². The van der Waals surface area contributed by atoms with Crippen LogP contribution in [0.1, 0.15) is 34.3 Å². The lowest BCUT2D eigenvalue weighted by Crippen LogP contribution is -2.41. The van der Waals surface area contributed by atoms with Crippen molar-refractivity contribution in [3.8, 4) is 0 Å². The van der Waals surface area contributed by atoms with Gasteiger partial charge in [-0.3, -0.25) is 4.79 Å². The maximum atomic E-state index is 13.2. The summed E-state index contributed by atoms with van der Waals surface area (Å²) in [7, 11) is 2.18. The van der Waals surface area contributed by atoms with Crippen LogP contribution in [0.5, 0.6) is 0 Å². The van der Waals surface area contributed by atoms with Gasteiger partial charge in [-0.1, -0.05) is 48.5 Å². The highest BCUT2D eigenvalue weighted by Gasteiger charge is 2.23. The van der Waals surface area contributed by atoms with Crippen molar-refractivity contribution in [1.29, 1.82) is 0 Å². The Morgan fingerprint density at radius 1 is 1.04 bits per heavy atom. The van der Waals surface area contributed by atoms with Gasteiger partial charge in [0.25, 0.3) is 5.91 Å². The van der Waals surface area contributed by atoms with Crippen molar-refractivity contribution < 1.29 is 4.79 Å². The molecule has 2 aromatic rings. The number of carbonyl (C=O) groups is 1. The van der Waals surface area contributed by atoms with Gasteiger partial charge in [0.1, 0.15) is 0 Å². The minimum atomic E-state index is 0.179. The summed E-state index contributed by atoms with van der Waals surface area (Å²) in [5.74, 6) is 0.785. The minimum absolute atomic E-state index is 0.179. The predicted molar refractivity (Wildman–Crippen MR) is 107 cm³/mol. The van der Waals surface area contributed by atoms with E-state index in [0.29, 0.717) is 5.92 Å². The summed E-state index contributed by atoms with van der Waals surface area (Å²) < 4.78 is 0. The van der Waals surface area contributed by atoms with Crippen LogP contribution < -0.4 is 0 Å². The lowest BCUT2D eigenvalue weighted by Gasteiger charge is -2.33. The fourth-order valence-corrected chi connectivity index (χ4v) is 3.72. The highest BCUT2D eigenvalue weighted by atomic mass is 16.2. The van der Waals surface area contributed by atoms with E-state index in [4.69, 9.17) is 0 Å². The molecule has 0 saturated carbocycles. The molecule has 2 aromatic carbocycles. The molecule has 0 unspecified atom stereocenters. The van der Waals surface area contributed by atoms with Gasteiger partial charge in [-0.2, -0.15) is 0 Å². The summed E-state index contributed by atoms with van der Waals surface area (Å²) >= 11 is 0. The molecule has 1 aliphatic rings. The zero-order chi connectivity index (χ0) is 18.4. The first-order valence-corrected chi connectivity index (χ1v) is 9.71. The Bertz CT molecular complexity index is 705. The van der Waals surface area contributed by atoms with Crippen LogP contribution in [0.2, 0.25) is 0 Å². The monoisotopic (exact) mass is 350 g/mol. The Hall–Kier alpha value is -2.13. The van der Waals surface area contributed by atoms with Gasteiger partial charge in [0.05, 0.1) is 0 Å². The van der Waals surface area contributed by atoms with E-state index in [1.165, 1.54) is 18.4 Å². The standard InChI is InChI=1S/C23H30N2O/c1-19-8-6-7-11-22(19)23(26)25(17-14-20-9-4-3-5-10-20)18-21-12-15-24(2)16-13-21/h3-11,21H,12-18H2,1-2H3. The van der Waals surface area contributed by atoms with Gasteiger partial charge in [0, 0.05) is 18.7 Å². The van der Waals surface area contributed by atoms with E-state index in [9.17, 15) is 4.79 Å². The van der Waals surface area contributed by atoms with E-state index >= 15 is 0 Å². The van der Waals surface area contributed by atoms with Crippen LogP contribution in [0, 0.1) is 12.8 Å². The van der Waals surface area contributed by atoms with E-state index in [-0.39, 0.29) is 5.91 Å². The number of benzene rings is 2. The molecule has 26 heavy (non-hydrogen) atoms. The smallest absolute Gasteiger partial charge is 0.254 e. The summed E-state index contributed by atoms with van der Waals surface area (Å²) in [4.78, 5) is 17.7. The van der Waals surface area contributed by atoms with Crippen LogP contribution in [0.4, 0.5) is 0 Å². The molecule has 0 aliphatic carbocycles. The highest BCUT2D eigenvalue weighted by Crippen LogP contribution is 2.20. The number of hydrogen-bond acceptors (Lipinski definition) is 2. The highest BCUT2D eigenvalue weighted by molar-refractivity contribution is 5.95. The number of likely N-dealkylation sites (tertiary alicyclic amines) is 1. The minimum Gasteiger partial charge on any atom is -0.338 e. The Kier molecular flexibility index (Phi) is 6.45. The largest absolute Gasteiger partial charge is 0.338 e. The Morgan fingerprint density at radius 3 is 2.38 bits per heavy atom.